The molecule has 0 saturated carbocycles. The van der Waals surface area contributed by atoms with Gasteiger partial charge in [0.25, 0.3) is 0 Å². The van der Waals surface area contributed by atoms with Crippen LogP contribution in [0.3, 0.4) is 0 Å². The van der Waals surface area contributed by atoms with Gasteiger partial charge in [-0.05, 0) is 31.0 Å². The molecule has 0 unspecified atom stereocenters. The number of carbonyl (C=O) groups is 1. The Labute approximate surface area is 128 Å². The molecule has 1 rings (SSSR count). The van der Waals surface area contributed by atoms with Gasteiger partial charge in [-0.2, -0.15) is 0 Å². The van der Waals surface area contributed by atoms with Gasteiger partial charge in [0.1, 0.15) is 10.7 Å². The zero-order valence-electron chi connectivity index (χ0n) is 11.7. The van der Waals surface area contributed by atoms with Crippen LogP contribution < -0.4 is 4.72 Å². The third-order valence-corrected chi connectivity index (χ3v) is 5.47. The molecule has 0 aliphatic rings. The highest BCUT2D eigenvalue weighted by atomic mass is 35.5. The third-order valence-electron chi connectivity index (χ3n) is 3.59. The Bertz CT molecular complexity index is 629. The second-order valence-corrected chi connectivity index (χ2v) is 6.83. The predicted octanol–water partition coefficient (Wildman–Crippen LogP) is 2.65. The molecule has 0 radical (unpaired) electrons. The Morgan fingerprint density at radius 1 is 1.38 bits per heavy atom. The Morgan fingerprint density at radius 2 is 1.95 bits per heavy atom. The lowest BCUT2D eigenvalue weighted by Gasteiger charge is -2.26. The summed E-state index contributed by atoms with van der Waals surface area (Å²) in [6.45, 7) is 3.05. The molecule has 5 nitrogen and oxygen atoms in total. The Hall–Kier alpha value is -1.18. The standard InChI is InChI=1S/C13H17ClFNO4S/c1-3-13(4-2,12(17)18)8-16-21(19,20)11-7-9(15)5-6-10(11)14/h5-7,16H,3-4,8H2,1-2H3,(H,17,18). The van der Waals surface area contributed by atoms with Crippen LogP contribution in [0.1, 0.15) is 26.7 Å². The maximum Gasteiger partial charge on any atom is 0.310 e. The lowest BCUT2D eigenvalue weighted by Crippen LogP contribution is -2.42. The molecule has 21 heavy (non-hydrogen) atoms. The van der Waals surface area contributed by atoms with Crippen LogP contribution in [0.15, 0.2) is 23.1 Å². The van der Waals surface area contributed by atoms with Crippen molar-refractivity contribution in [2.45, 2.75) is 31.6 Å². The molecule has 8 heteroatoms. The molecule has 0 amide bonds. The van der Waals surface area contributed by atoms with Gasteiger partial charge in [-0.1, -0.05) is 25.4 Å². The zero-order valence-corrected chi connectivity index (χ0v) is 13.3. The lowest BCUT2D eigenvalue weighted by atomic mass is 9.83. The van der Waals surface area contributed by atoms with Crippen molar-refractivity contribution in [1.82, 2.24) is 4.72 Å². The van der Waals surface area contributed by atoms with Gasteiger partial charge in [-0.25, -0.2) is 17.5 Å². The van der Waals surface area contributed by atoms with E-state index in [2.05, 4.69) is 4.72 Å². The summed E-state index contributed by atoms with van der Waals surface area (Å²) in [5, 5.41) is 9.14. The first-order chi connectivity index (χ1) is 9.68. The van der Waals surface area contributed by atoms with Gasteiger partial charge >= 0.3 is 5.97 Å². The minimum atomic E-state index is -4.09. The number of sulfonamides is 1. The van der Waals surface area contributed by atoms with E-state index in [9.17, 15) is 22.7 Å². The van der Waals surface area contributed by atoms with E-state index in [0.29, 0.717) is 0 Å². The average molecular weight is 338 g/mol. The Kier molecular flexibility index (Phi) is 5.72. The van der Waals surface area contributed by atoms with E-state index in [1.807, 2.05) is 0 Å². The first kappa shape index (κ1) is 17.9. The molecule has 0 bridgehead atoms. The van der Waals surface area contributed by atoms with Crippen LogP contribution in [-0.4, -0.2) is 26.0 Å². The van der Waals surface area contributed by atoms with E-state index >= 15 is 0 Å². The van der Waals surface area contributed by atoms with Gasteiger partial charge in [0, 0.05) is 6.54 Å². The monoisotopic (exact) mass is 337 g/mol. The van der Waals surface area contributed by atoms with Crippen molar-refractivity contribution < 1.29 is 22.7 Å². The molecule has 0 aliphatic heterocycles. The molecule has 0 saturated heterocycles. The first-order valence-corrected chi connectivity index (χ1v) is 8.22. The molecule has 0 aromatic heterocycles. The van der Waals surface area contributed by atoms with Crippen molar-refractivity contribution in [2.24, 2.45) is 5.41 Å². The largest absolute Gasteiger partial charge is 0.481 e. The maximum absolute atomic E-state index is 13.2. The van der Waals surface area contributed by atoms with Gasteiger partial charge in [0.15, 0.2) is 0 Å². The number of aliphatic carboxylic acids is 1. The molecule has 118 valence electrons. The summed E-state index contributed by atoms with van der Waals surface area (Å²) in [5.74, 6) is -1.82. The second-order valence-electron chi connectivity index (χ2n) is 4.69. The van der Waals surface area contributed by atoms with Crippen molar-refractivity contribution in [2.75, 3.05) is 6.54 Å². The summed E-state index contributed by atoms with van der Waals surface area (Å²) in [4.78, 5) is 10.9. The minimum Gasteiger partial charge on any atom is -0.481 e. The zero-order chi connectivity index (χ0) is 16.3. The van der Waals surface area contributed by atoms with Crippen molar-refractivity contribution in [3.05, 3.63) is 29.0 Å². The van der Waals surface area contributed by atoms with Crippen molar-refractivity contribution >= 4 is 27.6 Å². The highest BCUT2D eigenvalue weighted by molar-refractivity contribution is 7.89. The van der Waals surface area contributed by atoms with Crippen LogP contribution in [0.4, 0.5) is 4.39 Å². The molecule has 1 aromatic carbocycles. The number of carboxylic acids is 1. The summed E-state index contributed by atoms with van der Waals surface area (Å²) in [6, 6.07) is 2.97. The normalized spacial score (nSPS) is 12.4. The van der Waals surface area contributed by atoms with Crippen LogP contribution in [0.25, 0.3) is 0 Å². The summed E-state index contributed by atoms with van der Waals surface area (Å²) in [5.41, 5.74) is -1.20. The smallest absolute Gasteiger partial charge is 0.310 e. The average Bonchev–Trinajstić information content (AvgIpc) is 2.42. The number of halogens is 2. The summed E-state index contributed by atoms with van der Waals surface area (Å²) < 4.78 is 39.7. The van der Waals surface area contributed by atoms with Gasteiger partial charge in [-0.3, -0.25) is 4.79 Å². The Balaban J connectivity index is 3.06. The van der Waals surface area contributed by atoms with Crippen LogP contribution in [0.5, 0.6) is 0 Å². The predicted molar refractivity (Wildman–Crippen MR) is 77.2 cm³/mol. The van der Waals surface area contributed by atoms with E-state index in [-0.39, 0.29) is 24.4 Å². The summed E-state index contributed by atoms with van der Waals surface area (Å²) in [7, 11) is -4.09. The first-order valence-electron chi connectivity index (χ1n) is 6.36. The van der Waals surface area contributed by atoms with Crippen LogP contribution in [-0.2, 0) is 14.8 Å². The lowest BCUT2D eigenvalue weighted by molar-refractivity contribution is -0.149. The van der Waals surface area contributed by atoms with Gasteiger partial charge in [0.2, 0.25) is 10.0 Å². The fourth-order valence-electron chi connectivity index (χ4n) is 1.87. The molecule has 0 fully saturated rings. The molecule has 0 heterocycles. The number of hydrogen-bond donors (Lipinski definition) is 2. The number of benzene rings is 1. The van der Waals surface area contributed by atoms with Crippen LogP contribution in [0.2, 0.25) is 5.02 Å². The van der Waals surface area contributed by atoms with Gasteiger partial charge < -0.3 is 5.11 Å². The van der Waals surface area contributed by atoms with Gasteiger partial charge in [0.05, 0.1) is 10.4 Å². The summed E-state index contributed by atoms with van der Waals surface area (Å²) in [6.07, 6.45) is 0.524. The maximum atomic E-state index is 13.2. The Morgan fingerprint density at radius 3 is 2.43 bits per heavy atom. The quantitative estimate of drug-likeness (QED) is 0.801. The SMILES string of the molecule is CCC(CC)(CNS(=O)(=O)c1cc(F)ccc1Cl)C(=O)O. The molecule has 2 N–H and O–H groups in total. The highest BCUT2D eigenvalue weighted by Crippen LogP contribution is 2.27. The molecule has 0 atom stereocenters. The van der Waals surface area contributed by atoms with Crippen molar-refractivity contribution in [1.29, 1.82) is 0 Å². The van der Waals surface area contributed by atoms with Crippen molar-refractivity contribution in [3.63, 3.8) is 0 Å². The minimum absolute atomic E-state index is 0.127. The topological polar surface area (TPSA) is 83.5 Å². The van der Waals surface area contributed by atoms with E-state index in [1.165, 1.54) is 0 Å². The summed E-state index contributed by atoms with van der Waals surface area (Å²) >= 11 is 5.76. The molecular formula is C13H17ClFNO4S. The van der Waals surface area contributed by atoms with Crippen molar-refractivity contribution in [3.8, 4) is 0 Å². The van der Waals surface area contributed by atoms with Crippen LogP contribution in [0, 0.1) is 11.2 Å². The number of rotatable bonds is 7. The number of hydrogen-bond acceptors (Lipinski definition) is 3. The fourth-order valence-corrected chi connectivity index (χ4v) is 3.51. The van der Waals surface area contributed by atoms with E-state index in [4.69, 9.17) is 11.6 Å². The van der Waals surface area contributed by atoms with E-state index < -0.39 is 32.1 Å². The third kappa shape index (κ3) is 3.93. The molecule has 1 aromatic rings. The number of nitrogens with one attached hydrogen (secondary N) is 1. The second kappa shape index (κ2) is 6.72. The molecule has 0 aliphatic carbocycles. The molecular weight excluding hydrogens is 321 g/mol. The van der Waals surface area contributed by atoms with Gasteiger partial charge in [-0.15, -0.1) is 0 Å². The van der Waals surface area contributed by atoms with Crippen LogP contribution >= 0.6 is 11.6 Å². The fraction of sp³-hybridized carbons (Fsp3) is 0.462. The van der Waals surface area contributed by atoms with E-state index in [0.717, 1.165) is 18.2 Å². The molecule has 0 spiro atoms. The number of carboxylic acid groups (broad SMARTS) is 1. The highest BCUT2D eigenvalue weighted by Gasteiger charge is 2.36. The van der Waals surface area contributed by atoms with E-state index in [1.54, 1.807) is 13.8 Å².